The summed E-state index contributed by atoms with van der Waals surface area (Å²) in [6, 6.07) is 7.23. The van der Waals surface area contributed by atoms with Gasteiger partial charge in [0.2, 0.25) is 5.91 Å². The number of thioether (sulfide) groups is 1. The lowest BCUT2D eigenvalue weighted by molar-refractivity contribution is -0.113. The molecule has 2 aromatic rings. The zero-order valence-electron chi connectivity index (χ0n) is 16.7. The van der Waals surface area contributed by atoms with Crippen molar-refractivity contribution in [2.45, 2.75) is 57.1 Å². The highest BCUT2D eigenvalue weighted by atomic mass is 32.2. The van der Waals surface area contributed by atoms with Gasteiger partial charge in [-0.15, -0.1) is 0 Å². The van der Waals surface area contributed by atoms with Crippen molar-refractivity contribution in [3.63, 3.8) is 0 Å². The molecule has 1 N–H and O–H groups in total. The molecule has 1 heterocycles. The second-order valence-electron chi connectivity index (χ2n) is 7.14. The molecule has 0 radical (unpaired) electrons. The number of carbonyl (C=O) groups is 2. The van der Waals surface area contributed by atoms with E-state index in [9.17, 15) is 9.59 Å². The molecule has 150 valence electrons. The maximum absolute atomic E-state index is 12.4. The number of hydrogen-bond donors (Lipinski definition) is 1. The van der Waals surface area contributed by atoms with Gasteiger partial charge in [-0.05, 0) is 44.9 Å². The van der Waals surface area contributed by atoms with Crippen LogP contribution in [0.15, 0.2) is 29.4 Å². The van der Waals surface area contributed by atoms with Crippen LogP contribution in [-0.4, -0.2) is 34.3 Å². The van der Waals surface area contributed by atoms with E-state index in [1.54, 1.807) is 24.3 Å². The zero-order chi connectivity index (χ0) is 20.1. The van der Waals surface area contributed by atoms with Crippen LogP contribution in [0.3, 0.4) is 0 Å². The first-order chi connectivity index (χ1) is 13.5. The van der Waals surface area contributed by atoms with Crippen molar-refractivity contribution < 1.29 is 14.3 Å². The molecular formula is C21H27N3O3S. The summed E-state index contributed by atoms with van der Waals surface area (Å²) in [6.45, 7) is 4.14. The van der Waals surface area contributed by atoms with Gasteiger partial charge in [-0.25, -0.2) is 9.78 Å². The molecule has 1 aliphatic carbocycles. The first-order valence-electron chi connectivity index (χ1n) is 9.66. The highest BCUT2D eigenvalue weighted by molar-refractivity contribution is 7.99. The lowest BCUT2D eigenvalue weighted by atomic mass is 9.95. The smallest absolute Gasteiger partial charge is 0.337 e. The Morgan fingerprint density at radius 3 is 2.71 bits per heavy atom. The van der Waals surface area contributed by atoms with E-state index in [2.05, 4.69) is 16.8 Å². The monoisotopic (exact) mass is 401 g/mol. The van der Waals surface area contributed by atoms with Gasteiger partial charge >= 0.3 is 5.97 Å². The van der Waals surface area contributed by atoms with Gasteiger partial charge in [-0.3, -0.25) is 4.79 Å². The van der Waals surface area contributed by atoms with Gasteiger partial charge in [0.1, 0.15) is 0 Å². The van der Waals surface area contributed by atoms with E-state index in [4.69, 9.17) is 9.72 Å². The number of amides is 1. The fraction of sp³-hybridized carbons (Fsp3) is 0.476. The Morgan fingerprint density at radius 1 is 1.25 bits per heavy atom. The summed E-state index contributed by atoms with van der Waals surface area (Å²) in [5.41, 5.74) is 3.21. The SMILES string of the molecule is COC(=O)c1cccc(NC(=O)CSc2nc(C)c(C)n2C2CCCCC2)c1. The minimum atomic E-state index is -0.425. The average Bonchev–Trinajstić information content (AvgIpc) is 3.00. The molecule has 1 aromatic carbocycles. The number of benzene rings is 1. The number of carbonyl (C=O) groups excluding carboxylic acids is 2. The lowest BCUT2D eigenvalue weighted by Crippen LogP contribution is -2.17. The van der Waals surface area contributed by atoms with Crippen LogP contribution in [0, 0.1) is 13.8 Å². The number of rotatable bonds is 6. The van der Waals surface area contributed by atoms with Crippen molar-refractivity contribution in [2.75, 3.05) is 18.2 Å². The number of imidazole rings is 1. The molecule has 6 nitrogen and oxygen atoms in total. The van der Waals surface area contributed by atoms with Crippen molar-refractivity contribution in [1.82, 2.24) is 9.55 Å². The van der Waals surface area contributed by atoms with Gasteiger partial charge in [-0.1, -0.05) is 37.1 Å². The summed E-state index contributed by atoms with van der Waals surface area (Å²) in [7, 11) is 1.34. The second-order valence-corrected chi connectivity index (χ2v) is 8.08. The summed E-state index contributed by atoms with van der Waals surface area (Å²) < 4.78 is 7.04. The van der Waals surface area contributed by atoms with Crippen LogP contribution >= 0.6 is 11.8 Å². The van der Waals surface area contributed by atoms with Gasteiger partial charge in [0.25, 0.3) is 0 Å². The second kappa shape index (κ2) is 9.28. The summed E-state index contributed by atoms with van der Waals surface area (Å²) in [5.74, 6) is -0.281. The first-order valence-corrected chi connectivity index (χ1v) is 10.6. The molecule has 1 amide bonds. The number of methoxy groups -OCH3 is 1. The predicted molar refractivity (Wildman–Crippen MR) is 111 cm³/mol. The van der Waals surface area contributed by atoms with Crippen LogP contribution in [0.1, 0.15) is 59.9 Å². The number of aromatic nitrogens is 2. The Labute approximate surface area is 170 Å². The first kappa shape index (κ1) is 20.5. The predicted octanol–water partition coefficient (Wildman–Crippen LogP) is 4.52. The van der Waals surface area contributed by atoms with Crippen molar-refractivity contribution >= 4 is 29.3 Å². The normalized spacial score (nSPS) is 14.7. The van der Waals surface area contributed by atoms with Crippen molar-refractivity contribution in [1.29, 1.82) is 0 Å². The van der Waals surface area contributed by atoms with E-state index >= 15 is 0 Å². The molecule has 1 aromatic heterocycles. The minimum Gasteiger partial charge on any atom is -0.465 e. The van der Waals surface area contributed by atoms with E-state index in [0.29, 0.717) is 17.3 Å². The number of ether oxygens (including phenoxy) is 1. The summed E-state index contributed by atoms with van der Waals surface area (Å²) in [5, 5.41) is 3.76. The summed E-state index contributed by atoms with van der Waals surface area (Å²) in [4.78, 5) is 28.8. The third kappa shape index (κ3) is 4.76. The van der Waals surface area contributed by atoms with E-state index in [0.717, 1.165) is 10.9 Å². The van der Waals surface area contributed by atoms with Crippen molar-refractivity contribution in [3.05, 3.63) is 41.2 Å². The number of aryl methyl sites for hydroxylation is 1. The molecule has 28 heavy (non-hydrogen) atoms. The Balaban J connectivity index is 1.65. The van der Waals surface area contributed by atoms with Crippen molar-refractivity contribution in [3.8, 4) is 0 Å². The van der Waals surface area contributed by atoms with Crippen LogP contribution in [0.5, 0.6) is 0 Å². The van der Waals surface area contributed by atoms with Gasteiger partial charge in [0, 0.05) is 17.4 Å². The molecule has 1 aliphatic rings. The fourth-order valence-electron chi connectivity index (χ4n) is 3.64. The number of nitrogens with one attached hydrogen (secondary N) is 1. The number of hydrogen-bond acceptors (Lipinski definition) is 5. The molecule has 1 fully saturated rings. The standard InChI is InChI=1S/C21H27N3O3S/c1-14-15(2)24(18-10-5-4-6-11-18)21(22-14)28-13-19(25)23-17-9-7-8-16(12-17)20(26)27-3/h7-9,12,18H,4-6,10-11,13H2,1-3H3,(H,23,25). The fourth-order valence-corrected chi connectivity index (χ4v) is 4.59. The Kier molecular flexibility index (Phi) is 6.78. The lowest BCUT2D eigenvalue weighted by Gasteiger charge is -2.26. The highest BCUT2D eigenvalue weighted by Crippen LogP contribution is 2.34. The van der Waals surface area contributed by atoms with E-state index in [1.807, 2.05) is 6.92 Å². The number of nitrogens with zero attached hydrogens (tertiary/aromatic N) is 2. The average molecular weight is 402 g/mol. The van der Waals surface area contributed by atoms with Gasteiger partial charge in [0.15, 0.2) is 5.16 Å². The molecule has 3 rings (SSSR count). The van der Waals surface area contributed by atoms with Crippen LogP contribution in [-0.2, 0) is 9.53 Å². The third-order valence-corrected chi connectivity index (χ3v) is 6.15. The van der Waals surface area contributed by atoms with Gasteiger partial charge in [0.05, 0.1) is 24.1 Å². The Morgan fingerprint density at radius 2 is 2.00 bits per heavy atom. The number of esters is 1. The van der Waals surface area contributed by atoms with Gasteiger partial charge < -0.3 is 14.6 Å². The maximum atomic E-state index is 12.4. The Hall–Kier alpha value is -2.28. The number of anilines is 1. The van der Waals surface area contributed by atoms with E-state index in [-0.39, 0.29) is 11.7 Å². The van der Waals surface area contributed by atoms with E-state index in [1.165, 1.54) is 56.7 Å². The van der Waals surface area contributed by atoms with Crippen LogP contribution in [0.25, 0.3) is 0 Å². The van der Waals surface area contributed by atoms with Crippen LogP contribution in [0.4, 0.5) is 5.69 Å². The molecule has 0 saturated heterocycles. The van der Waals surface area contributed by atoms with Crippen molar-refractivity contribution in [2.24, 2.45) is 0 Å². The van der Waals surface area contributed by atoms with Gasteiger partial charge in [-0.2, -0.15) is 0 Å². The summed E-state index contributed by atoms with van der Waals surface area (Å²) >= 11 is 1.47. The minimum absolute atomic E-state index is 0.125. The highest BCUT2D eigenvalue weighted by Gasteiger charge is 2.22. The largest absolute Gasteiger partial charge is 0.465 e. The molecular weight excluding hydrogens is 374 g/mol. The molecule has 1 saturated carbocycles. The summed E-state index contributed by atoms with van der Waals surface area (Å²) in [6.07, 6.45) is 6.16. The Bertz CT molecular complexity index is 857. The molecule has 0 atom stereocenters. The molecule has 7 heteroatoms. The molecule has 0 spiro atoms. The maximum Gasteiger partial charge on any atom is 0.337 e. The van der Waals surface area contributed by atoms with E-state index < -0.39 is 5.97 Å². The zero-order valence-corrected chi connectivity index (χ0v) is 17.5. The van der Waals surface area contributed by atoms with Crippen LogP contribution < -0.4 is 5.32 Å². The molecule has 0 bridgehead atoms. The molecule has 0 unspecified atom stereocenters. The topological polar surface area (TPSA) is 73.2 Å². The molecule has 0 aliphatic heterocycles. The van der Waals surface area contributed by atoms with Crippen LogP contribution in [0.2, 0.25) is 0 Å². The third-order valence-electron chi connectivity index (χ3n) is 5.19. The quantitative estimate of drug-likeness (QED) is 0.569.